The van der Waals surface area contributed by atoms with Crippen LogP contribution in [0.3, 0.4) is 0 Å². The molecule has 1 fully saturated rings. The standard InChI is InChI=1S/C27H32N2O5/c1-4-16(2)24(25(30)29(3)18-13-17(14-18)26(31)32)28-27(33)34-15-23-21-11-7-5-9-19(21)20-10-6-8-12-22(20)23/h5-12,16-18,23-24H,4,13-15H2,1-3H3,(H,28,33)(H,31,32). The molecule has 0 spiro atoms. The van der Waals surface area contributed by atoms with Crippen LogP contribution in [0, 0.1) is 11.8 Å². The van der Waals surface area contributed by atoms with Gasteiger partial charge in [0.15, 0.2) is 0 Å². The Bertz CT molecular complexity index is 1030. The number of rotatable bonds is 8. The summed E-state index contributed by atoms with van der Waals surface area (Å²) in [6.07, 6.45) is 0.966. The summed E-state index contributed by atoms with van der Waals surface area (Å²) in [5, 5.41) is 11.9. The molecule has 0 bridgehead atoms. The molecule has 2 atom stereocenters. The van der Waals surface area contributed by atoms with Crippen molar-refractivity contribution in [3.63, 3.8) is 0 Å². The van der Waals surface area contributed by atoms with Gasteiger partial charge in [0.2, 0.25) is 5.91 Å². The average Bonchev–Trinajstić information content (AvgIpc) is 3.12. The smallest absolute Gasteiger partial charge is 0.407 e. The number of carbonyl (C=O) groups excluding carboxylic acids is 2. The first-order valence-electron chi connectivity index (χ1n) is 11.9. The van der Waals surface area contributed by atoms with Crippen LogP contribution in [0.5, 0.6) is 0 Å². The van der Waals surface area contributed by atoms with E-state index < -0.39 is 24.0 Å². The van der Waals surface area contributed by atoms with Crippen LogP contribution in [0.25, 0.3) is 11.1 Å². The maximum absolute atomic E-state index is 13.2. The molecule has 2 unspecified atom stereocenters. The second-order valence-electron chi connectivity index (χ2n) is 9.44. The third kappa shape index (κ3) is 4.52. The number of nitrogens with one attached hydrogen (secondary N) is 1. The van der Waals surface area contributed by atoms with Gasteiger partial charge >= 0.3 is 12.1 Å². The third-order valence-corrected chi connectivity index (χ3v) is 7.45. The number of hydrogen-bond acceptors (Lipinski definition) is 4. The number of carbonyl (C=O) groups is 3. The molecule has 2 aliphatic carbocycles. The van der Waals surface area contributed by atoms with E-state index in [2.05, 4.69) is 29.6 Å². The molecule has 34 heavy (non-hydrogen) atoms. The number of nitrogens with zero attached hydrogens (tertiary/aromatic N) is 1. The summed E-state index contributed by atoms with van der Waals surface area (Å²) in [5.74, 6) is -1.59. The molecule has 1 saturated carbocycles. The maximum Gasteiger partial charge on any atom is 0.407 e. The number of amides is 2. The van der Waals surface area contributed by atoms with Gasteiger partial charge in [-0.25, -0.2) is 4.79 Å². The Balaban J connectivity index is 1.40. The van der Waals surface area contributed by atoms with Crippen molar-refractivity contribution in [1.29, 1.82) is 0 Å². The molecule has 180 valence electrons. The molecule has 4 rings (SSSR count). The third-order valence-electron chi connectivity index (χ3n) is 7.45. The van der Waals surface area contributed by atoms with Crippen molar-refractivity contribution in [3.8, 4) is 11.1 Å². The van der Waals surface area contributed by atoms with Gasteiger partial charge in [-0.1, -0.05) is 68.8 Å². The lowest BCUT2D eigenvalue weighted by Crippen LogP contribution is -2.56. The summed E-state index contributed by atoms with van der Waals surface area (Å²) < 4.78 is 5.65. The second kappa shape index (κ2) is 9.87. The Morgan fingerprint density at radius 1 is 1.06 bits per heavy atom. The van der Waals surface area contributed by atoms with E-state index in [1.165, 1.54) is 0 Å². The average molecular weight is 465 g/mol. The zero-order chi connectivity index (χ0) is 24.4. The fourth-order valence-electron chi connectivity index (χ4n) is 4.96. The fourth-order valence-corrected chi connectivity index (χ4v) is 4.96. The maximum atomic E-state index is 13.2. The molecule has 2 amide bonds. The Labute approximate surface area is 200 Å². The van der Waals surface area contributed by atoms with E-state index in [1.54, 1.807) is 11.9 Å². The molecule has 0 aromatic heterocycles. The lowest BCUT2D eigenvalue weighted by atomic mass is 9.79. The summed E-state index contributed by atoms with van der Waals surface area (Å²) in [4.78, 5) is 38.7. The molecule has 2 aliphatic rings. The van der Waals surface area contributed by atoms with Crippen molar-refractivity contribution in [1.82, 2.24) is 10.2 Å². The van der Waals surface area contributed by atoms with Crippen LogP contribution in [0.15, 0.2) is 48.5 Å². The van der Waals surface area contributed by atoms with Crippen molar-refractivity contribution in [3.05, 3.63) is 59.7 Å². The number of ether oxygens (including phenoxy) is 1. The van der Waals surface area contributed by atoms with Crippen molar-refractivity contribution in [2.24, 2.45) is 11.8 Å². The Kier molecular flexibility index (Phi) is 6.91. The summed E-state index contributed by atoms with van der Waals surface area (Å²) in [7, 11) is 1.68. The quantitative estimate of drug-likeness (QED) is 0.609. The summed E-state index contributed by atoms with van der Waals surface area (Å²) in [5.41, 5.74) is 4.57. The predicted octanol–water partition coefficient (Wildman–Crippen LogP) is 4.26. The van der Waals surface area contributed by atoms with Gasteiger partial charge in [-0.05, 0) is 41.0 Å². The van der Waals surface area contributed by atoms with Crippen LogP contribution in [-0.2, 0) is 14.3 Å². The number of hydrogen-bond donors (Lipinski definition) is 2. The van der Waals surface area contributed by atoms with Crippen LogP contribution in [0.4, 0.5) is 4.79 Å². The molecule has 2 N–H and O–H groups in total. The highest BCUT2D eigenvalue weighted by atomic mass is 16.5. The minimum absolute atomic E-state index is 0.0542. The zero-order valence-corrected chi connectivity index (χ0v) is 19.9. The molecule has 0 aliphatic heterocycles. The molecule has 2 aromatic carbocycles. The summed E-state index contributed by atoms with van der Waals surface area (Å²) >= 11 is 0. The van der Waals surface area contributed by atoms with E-state index in [9.17, 15) is 14.4 Å². The predicted molar refractivity (Wildman–Crippen MR) is 128 cm³/mol. The van der Waals surface area contributed by atoms with Gasteiger partial charge < -0.3 is 20.1 Å². The van der Waals surface area contributed by atoms with E-state index in [0.29, 0.717) is 19.3 Å². The van der Waals surface area contributed by atoms with Crippen molar-refractivity contribution < 1.29 is 24.2 Å². The lowest BCUT2D eigenvalue weighted by Gasteiger charge is -2.41. The normalized spacial score (nSPS) is 20.3. The topological polar surface area (TPSA) is 95.9 Å². The number of carboxylic acids is 1. The van der Waals surface area contributed by atoms with Gasteiger partial charge in [0.05, 0.1) is 5.92 Å². The molecule has 0 radical (unpaired) electrons. The van der Waals surface area contributed by atoms with Gasteiger partial charge in [0.25, 0.3) is 0 Å². The minimum Gasteiger partial charge on any atom is -0.481 e. The number of aliphatic carboxylic acids is 1. The zero-order valence-electron chi connectivity index (χ0n) is 19.9. The van der Waals surface area contributed by atoms with E-state index in [1.807, 2.05) is 38.1 Å². The largest absolute Gasteiger partial charge is 0.481 e. The number of carboxylic acid groups (broad SMARTS) is 1. The van der Waals surface area contributed by atoms with Crippen LogP contribution >= 0.6 is 0 Å². The van der Waals surface area contributed by atoms with Crippen LogP contribution < -0.4 is 5.32 Å². The summed E-state index contributed by atoms with van der Waals surface area (Å²) in [6, 6.07) is 15.4. The van der Waals surface area contributed by atoms with E-state index >= 15 is 0 Å². The Morgan fingerprint density at radius 3 is 2.15 bits per heavy atom. The van der Waals surface area contributed by atoms with Crippen LogP contribution in [0.1, 0.15) is 50.2 Å². The molecule has 0 saturated heterocycles. The van der Waals surface area contributed by atoms with E-state index in [4.69, 9.17) is 9.84 Å². The number of alkyl carbamates (subject to hydrolysis) is 1. The van der Waals surface area contributed by atoms with E-state index in [0.717, 1.165) is 22.3 Å². The van der Waals surface area contributed by atoms with Gasteiger partial charge in [0, 0.05) is 19.0 Å². The summed E-state index contributed by atoms with van der Waals surface area (Å²) in [6.45, 7) is 4.06. The van der Waals surface area contributed by atoms with Crippen molar-refractivity contribution in [2.45, 2.75) is 51.1 Å². The van der Waals surface area contributed by atoms with Gasteiger partial charge in [-0.2, -0.15) is 0 Å². The molecule has 0 heterocycles. The molecular formula is C27H32N2O5. The molecular weight excluding hydrogens is 432 g/mol. The van der Waals surface area contributed by atoms with E-state index in [-0.39, 0.29) is 30.4 Å². The monoisotopic (exact) mass is 464 g/mol. The Hall–Kier alpha value is -3.35. The van der Waals surface area contributed by atoms with Crippen molar-refractivity contribution >= 4 is 18.0 Å². The number of benzene rings is 2. The Morgan fingerprint density at radius 2 is 1.62 bits per heavy atom. The minimum atomic E-state index is -0.827. The van der Waals surface area contributed by atoms with Gasteiger partial charge in [-0.15, -0.1) is 0 Å². The first kappa shape index (κ1) is 23.8. The van der Waals surface area contributed by atoms with Crippen molar-refractivity contribution in [2.75, 3.05) is 13.7 Å². The number of likely N-dealkylation sites (N-methyl/N-ethyl adjacent to an activating group) is 1. The molecule has 7 nitrogen and oxygen atoms in total. The first-order valence-corrected chi connectivity index (χ1v) is 11.9. The highest BCUT2D eigenvalue weighted by Crippen LogP contribution is 2.44. The SMILES string of the molecule is CCC(C)C(NC(=O)OCC1c2ccccc2-c2ccccc21)C(=O)N(C)C1CC(C(=O)O)C1. The highest BCUT2D eigenvalue weighted by molar-refractivity contribution is 5.86. The highest BCUT2D eigenvalue weighted by Gasteiger charge is 2.41. The molecule has 7 heteroatoms. The lowest BCUT2D eigenvalue weighted by molar-refractivity contribution is -0.151. The van der Waals surface area contributed by atoms with Gasteiger partial charge in [-0.3, -0.25) is 9.59 Å². The number of fused-ring (bicyclic) bond motifs is 3. The van der Waals surface area contributed by atoms with Gasteiger partial charge in [0.1, 0.15) is 12.6 Å². The first-order chi connectivity index (χ1) is 16.3. The molecule has 2 aromatic rings. The fraction of sp³-hybridized carbons (Fsp3) is 0.444. The van der Waals surface area contributed by atoms with Crippen LogP contribution in [-0.4, -0.2) is 53.7 Å². The van der Waals surface area contributed by atoms with Crippen LogP contribution in [0.2, 0.25) is 0 Å². The second-order valence-corrected chi connectivity index (χ2v) is 9.44.